The molecule has 2 aliphatic carbocycles. The number of nitrogens with one attached hydrogen (secondary N) is 2. The van der Waals surface area contributed by atoms with Crippen molar-refractivity contribution in [1.29, 1.82) is 0 Å². The highest BCUT2D eigenvalue weighted by Gasteiger charge is 2.34. The summed E-state index contributed by atoms with van der Waals surface area (Å²) in [4.78, 5) is 19.7. The number of amides is 1. The Balaban J connectivity index is 0.00000261. The molecule has 27 heavy (non-hydrogen) atoms. The highest BCUT2D eigenvalue weighted by molar-refractivity contribution is 14.0. The SMILES string of the molecule is CCNC(=NCC1(CC)CCCC1)NC1CCN(C(=O)C2CCCC2)C1.I. The molecule has 1 unspecified atom stereocenters. The van der Waals surface area contributed by atoms with Crippen molar-refractivity contribution in [2.75, 3.05) is 26.2 Å². The summed E-state index contributed by atoms with van der Waals surface area (Å²) in [6.45, 7) is 7.96. The van der Waals surface area contributed by atoms with Crippen LogP contribution < -0.4 is 10.6 Å². The molecule has 156 valence electrons. The molecule has 0 aromatic carbocycles. The van der Waals surface area contributed by atoms with Gasteiger partial charge in [0.05, 0.1) is 0 Å². The van der Waals surface area contributed by atoms with Crippen molar-refractivity contribution in [3.8, 4) is 0 Å². The Kier molecular flexibility index (Phi) is 9.16. The van der Waals surface area contributed by atoms with E-state index >= 15 is 0 Å². The van der Waals surface area contributed by atoms with Crippen molar-refractivity contribution >= 4 is 35.8 Å². The highest BCUT2D eigenvalue weighted by atomic mass is 127. The van der Waals surface area contributed by atoms with E-state index in [2.05, 4.69) is 29.4 Å². The molecule has 0 aromatic rings. The molecule has 0 aromatic heterocycles. The molecule has 3 rings (SSSR count). The summed E-state index contributed by atoms with van der Waals surface area (Å²) in [5.74, 6) is 1.62. The summed E-state index contributed by atoms with van der Waals surface area (Å²) < 4.78 is 0. The fourth-order valence-corrected chi connectivity index (χ4v) is 5.02. The summed E-state index contributed by atoms with van der Waals surface area (Å²) in [7, 11) is 0. The van der Waals surface area contributed by atoms with Crippen LogP contribution in [-0.4, -0.2) is 49.0 Å². The smallest absolute Gasteiger partial charge is 0.225 e. The standard InChI is InChI=1S/C21H38N4O.HI/c1-3-21(12-7-8-13-21)16-23-20(22-4-2)24-18-11-14-25(15-18)19(26)17-9-5-6-10-17;/h17-18H,3-16H2,1-2H3,(H2,22,23,24);1H. The lowest BCUT2D eigenvalue weighted by Crippen LogP contribution is -2.45. The molecule has 6 heteroatoms. The first kappa shape index (κ1) is 22.8. The van der Waals surface area contributed by atoms with Gasteiger partial charge in [-0.3, -0.25) is 9.79 Å². The number of rotatable bonds is 6. The summed E-state index contributed by atoms with van der Waals surface area (Å²) in [6, 6.07) is 0.333. The molecular weight excluding hydrogens is 451 g/mol. The summed E-state index contributed by atoms with van der Waals surface area (Å²) in [6.07, 6.45) is 12.2. The third-order valence-corrected chi connectivity index (χ3v) is 6.88. The maximum Gasteiger partial charge on any atom is 0.225 e. The Labute approximate surface area is 182 Å². The molecule has 0 radical (unpaired) electrons. The summed E-state index contributed by atoms with van der Waals surface area (Å²) in [5, 5.41) is 7.01. The number of nitrogens with zero attached hydrogens (tertiary/aromatic N) is 2. The van der Waals surface area contributed by atoms with E-state index in [1.54, 1.807) is 0 Å². The van der Waals surface area contributed by atoms with Gasteiger partial charge in [-0.1, -0.05) is 32.6 Å². The van der Waals surface area contributed by atoms with Crippen LogP contribution in [0.15, 0.2) is 4.99 Å². The highest BCUT2D eigenvalue weighted by Crippen LogP contribution is 2.41. The van der Waals surface area contributed by atoms with Crippen molar-refractivity contribution in [2.45, 2.75) is 84.1 Å². The average molecular weight is 490 g/mol. The minimum absolute atomic E-state index is 0. The van der Waals surface area contributed by atoms with Gasteiger partial charge in [0, 0.05) is 38.1 Å². The second kappa shape index (κ2) is 10.9. The van der Waals surface area contributed by atoms with Crippen molar-refractivity contribution < 1.29 is 4.79 Å². The lowest BCUT2D eigenvalue weighted by Gasteiger charge is -2.26. The van der Waals surface area contributed by atoms with Gasteiger partial charge in [0.15, 0.2) is 5.96 Å². The van der Waals surface area contributed by atoms with Crippen LogP contribution in [0.4, 0.5) is 0 Å². The summed E-state index contributed by atoms with van der Waals surface area (Å²) >= 11 is 0. The lowest BCUT2D eigenvalue weighted by atomic mass is 9.84. The van der Waals surface area contributed by atoms with Gasteiger partial charge in [0.25, 0.3) is 0 Å². The van der Waals surface area contributed by atoms with Gasteiger partial charge in [-0.25, -0.2) is 0 Å². The van der Waals surface area contributed by atoms with Gasteiger partial charge in [0.1, 0.15) is 0 Å². The molecule has 0 spiro atoms. The van der Waals surface area contributed by atoms with Crippen LogP contribution >= 0.6 is 24.0 Å². The quantitative estimate of drug-likeness (QED) is 0.337. The Morgan fingerprint density at radius 1 is 1.11 bits per heavy atom. The second-order valence-electron chi connectivity index (χ2n) is 8.65. The maximum absolute atomic E-state index is 12.6. The molecule has 1 atom stereocenters. The van der Waals surface area contributed by atoms with E-state index in [4.69, 9.17) is 4.99 Å². The summed E-state index contributed by atoms with van der Waals surface area (Å²) in [5.41, 5.74) is 0.419. The third kappa shape index (κ3) is 5.97. The molecule has 3 aliphatic rings. The molecule has 1 amide bonds. The topological polar surface area (TPSA) is 56.7 Å². The van der Waals surface area contributed by atoms with E-state index in [1.165, 1.54) is 44.9 Å². The second-order valence-corrected chi connectivity index (χ2v) is 8.65. The lowest BCUT2D eigenvalue weighted by molar-refractivity contribution is -0.134. The number of hydrogen-bond donors (Lipinski definition) is 2. The van der Waals surface area contributed by atoms with Crippen LogP contribution in [0.25, 0.3) is 0 Å². The Morgan fingerprint density at radius 3 is 2.44 bits per heavy atom. The Hall–Kier alpha value is -0.530. The number of halogens is 1. The maximum atomic E-state index is 12.6. The van der Waals surface area contributed by atoms with E-state index in [0.29, 0.717) is 23.3 Å². The van der Waals surface area contributed by atoms with Gasteiger partial charge in [-0.2, -0.15) is 0 Å². The van der Waals surface area contributed by atoms with Gasteiger partial charge in [0.2, 0.25) is 5.91 Å². The van der Waals surface area contributed by atoms with Crippen molar-refractivity contribution in [3.63, 3.8) is 0 Å². The first-order valence-electron chi connectivity index (χ1n) is 11.0. The predicted molar refractivity (Wildman–Crippen MR) is 123 cm³/mol. The predicted octanol–water partition coefficient (Wildman–Crippen LogP) is 3.92. The van der Waals surface area contributed by atoms with Crippen LogP contribution in [0.2, 0.25) is 0 Å². The van der Waals surface area contributed by atoms with E-state index in [0.717, 1.165) is 51.4 Å². The van der Waals surface area contributed by atoms with E-state index in [9.17, 15) is 4.79 Å². The van der Waals surface area contributed by atoms with Gasteiger partial charge >= 0.3 is 0 Å². The number of likely N-dealkylation sites (tertiary alicyclic amines) is 1. The van der Waals surface area contributed by atoms with E-state index in [1.807, 2.05) is 0 Å². The van der Waals surface area contributed by atoms with Crippen molar-refractivity contribution in [3.05, 3.63) is 0 Å². The minimum atomic E-state index is 0. The van der Waals surface area contributed by atoms with Crippen LogP contribution in [0.3, 0.4) is 0 Å². The number of aliphatic imine (C=N–C) groups is 1. The third-order valence-electron chi connectivity index (χ3n) is 6.88. The number of carbonyl (C=O) groups excluding carboxylic acids is 1. The monoisotopic (exact) mass is 490 g/mol. The zero-order valence-electron chi connectivity index (χ0n) is 17.3. The molecule has 1 heterocycles. The fourth-order valence-electron chi connectivity index (χ4n) is 5.02. The minimum Gasteiger partial charge on any atom is -0.357 e. The zero-order valence-corrected chi connectivity index (χ0v) is 19.6. The van der Waals surface area contributed by atoms with Crippen molar-refractivity contribution in [1.82, 2.24) is 15.5 Å². The van der Waals surface area contributed by atoms with Crippen LogP contribution in [-0.2, 0) is 4.79 Å². The largest absolute Gasteiger partial charge is 0.357 e. The average Bonchev–Trinajstić information content (AvgIpc) is 3.41. The number of guanidine groups is 1. The van der Waals surface area contributed by atoms with Crippen LogP contribution in [0.1, 0.15) is 78.1 Å². The normalized spacial score (nSPS) is 25.5. The molecule has 5 nitrogen and oxygen atoms in total. The van der Waals surface area contributed by atoms with Crippen LogP contribution in [0, 0.1) is 11.3 Å². The molecule has 3 fully saturated rings. The van der Waals surface area contributed by atoms with Gasteiger partial charge in [-0.05, 0) is 50.9 Å². The Morgan fingerprint density at radius 2 is 1.81 bits per heavy atom. The van der Waals surface area contributed by atoms with Crippen molar-refractivity contribution in [2.24, 2.45) is 16.3 Å². The molecule has 2 saturated carbocycles. The van der Waals surface area contributed by atoms with Gasteiger partial charge < -0.3 is 15.5 Å². The van der Waals surface area contributed by atoms with E-state index in [-0.39, 0.29) is 24.0 Å². The molecule has 1 aliphatic heterocycles. The molecular formula is C21H39IN4O. The van der Waals surface area contributed by atoms with Gasteiger partial charge in [-0.15, -0.1) is 24.0 Å². The molecule has 2 N–H and O–H groups in total. The molecule has 1 saturated heterocycles. The van der Waals surface area contributed by atoms with E-state index < -0.39 is 0 Å². The zero-order chi connectivity index (χ0) is 18.4. The first-order chi connectivity index (χ1) is 12.7. The van der Waals surface area contributed by atoms with Crippen LogP contribution in [0.5, 0.6) is 0 Å². The number of hydrogen-bond acceptors (Lipinski definition) is 2. The Bertz CT molecular complexity index is 498. The first-order valence-corrected chi connectivity index (χ1v) is 11.0. The fraction of sp³-hybridized carbons (Fsp3) is 0.905. The molecule has 0 bridgehead atoms. The number of carbonyl (C=O) groups is 1.